The van der Waals surface area contributed by atoms with Crippen LogP contribution in [0, 0.1) is 5.82 Å². The first kappa shape index (κ1) is 18.9. The average Bonchev–Trinajstić information content (AvgIpc) is 3.41. The zero-order chi connectivity index (χ0) is 19.4. The van der Waals surface area contributed by atoms with Crippen LogP contribution in [0.1, 0.15) is 28.9 Å². The molecule has 27 heavy (non-hydrogen) atoms. The third-order valence-corrected chi connectivity index (χ3v) is 4.75. The maximum atomic E-state index is 13.1. The van der Waals surface area contributed by atoms with Gasteiger partial charge < -0.3 is 14.4 Å². The Bertz CT molecular complexity index is 824. The molecule has 1 heterocycles. The molecule has 0 saturated heterocycles. The van der Waals surface area contributed by atoms with Gasteiger partial charge in [-0.1, -0.05) is 6.08 Å². The average molecular weight is 369 g/mol. The summed E-state index contributed by atoms with van der Waals surface area (Å²) >= 11 is 0. The van der Waals surface area contributed by atoms with E-state index in [1.165, 1.54) is 29.2 Å². The molecule has 1 aromatic carbocycles. The van der Waals surface area contributed by atoms with Gasteiger partial charge in [-0.15, -0.1) is 6.58 Å². The number of carbonyl (C=O) groups is 2. The van der Waals surface area contributed by atoms with Gasteiger partial charge in [-0.2, -0.15) is 0 Å². The molecule has 0 N–H and O–H groups in total. The molecular formula is C21H24FN3O2. The fourth-order valence-corrected chi connectivity index (χ4v) is 3.05. The number of aryl methyl sites for hydroxylation is 1. The molecular weight excluding hydrogens is 345 g/mol. The Morgan fingerprint density at radius 1 is 1.26 bits per heavy atom. The van der Waals surface area contributed by atoms with Gasteiger partial charge >= 0.3 is 0 Å². The molecule has 5 nitrogen and oxygen atoms in total. The number of nitrogens with zero attached hydrogens (tertiary/aromatic N) is 3. The molecule has 3 rings (SSSR count). The molecule has 1 aliphatic rings. The molecule has 1 saturated carbocycles. The number of carbonyl (C=O) groups excluding carboxylic acids is 2. The van der Waals surface area contributed by atoms with Gasteiger partial charge in [-0.05, 0) is 49.2 Å². The lowest BCUT2D eigenvalue weighted by Crippen LogP contribution is -2.43. The first-order valence-electron chi connectivity index (χ1n) is 9.05. The number of benzene rings is 1. The van der Waals surface area contributed by atoms with Gasteiger partial charge in [0.2, 0.25) is 5.91 Å². The van der Waals surface area contributed by atoms with E-state index in [4.69, 9.17) is 0 Å². The lowest BCUT2D eigenvalue weighted by atomic mass is 10.2. The Kier molecular flexibility index (Phi) is 5.74. The van der Waals surface area contributed by atoms with Gasteiger partial charge in [0, 0.05) is 37.1 Å². The number of amides is 2. The molecule has 1 aromatic heterocycles. The second kappa shape index (κ2) is 8.20. The minimum absolute atomic E-state index is 0.0247. The van der Waals surface area contributed by atoms with Crippen molar-refractivity contribution in [2.24, 2.45) is 7.05 Å². The van der Waals surface area contributed by atoms with Crippen molar-refractivity contribution in [2.45, 2.75) is 25.4 Å². The van der Waals surface area contributed by atoms with E-state index in [2.05, 4.69) is 6.58 Å². The molecule has 6 heteroatoms. The molecule has 2 aromatic rings. The molecule has 0 bridgehead atoms. The zero-order valence-corrected chi connectivity index (χ0v) is 15.5. The van der Waals surface area contributed by atoms with Crippen LogP contribution in [-0.4, -0.2) is 45.3 Å². The van der Waals surface area contributed by atoms with Gasteiger partial charge in [0.25, 0.3) is 5.91 Å². The van der Waals surface area contributed by atoms with Gasteiger partial charge in [0.1, 0.15) is 12.4 Å². The highest BCUT2D eigenvalue weighted by atomic mass is 19.1. The topological polar surface area (TPSA) is 45.6 Å². The van der Waals surface area contributed by atoms with Crippen molar-refractivity contribution < 1.29 is 14.0 Å². The van der Waals surface area contributed by atoms with Crippen molar-refractivity contribution >= 4 is 11.8 Å². The summed E-state index contributed by atoms with van der Waals surface area (Å²) in [4.78, 5) is 29.0. The second-order valence-corrected chi connectivity index (χ2v) is 6.84. The fraction of sp³-hybridized carbons (Fsp3) is 0.333. The summed E-state index contributed by atoms with van der Waals surface area (Å²) in [6, 6.07) is 9.53. The first-order valence-corrected chi connectivity index (χ1v) is 9.05. The Hall–Kier alpha value is -2.89. The van der Waals surface area contributed by atoms with E-state index in [1.807, 2.05) is 34.8 Å². The normalized spacial score (nSPS) is 13.3. The molecule has 0 atom stereocenters. The SMILES string of the molecule is C=CCN(CC(=O)N(Cc1cccn1C)C1CC1)C(=O)c1ccc(F)cc1. The third-order valence-electron chi connectivity index (χ3n) is 4.75. The Balaban J connectivity index is 1.72. The molecule has 1 fully saturated rings. The largest absolute Gasteiger partial charge is 0.353 e. The lowest BCUT2D eigenvalue weighted by molar-refractivity contribution is -0.133. The van der Waals surface area contributed by atoms with Gasteiger partial charge in [-0.3, -0.25) is 9.59 Å². The quantitative estimate of drug-likeness (QED) is 0.672. The van der Waals surface area contributed by atoms with E-state index >= 15 is 0 Å². The van der Waals surface area contributed by atoms with E-state index in [0.717, 1.165) is 18.5 Å². The van der Waals surface area contributed by atoms with Crippen molar-refractivity contribution in [3.8, 4) is 0 Å². The standard InChI is InChI=1S/C21H24FN3O2/c1-3-12-24(21(27)16-6-8-17(22)9-7-16)15-20(26)25(18-10-11-18)14-19-5-4-13-23(19)2/h3-9,13,18H,1,10-12,14-15H2,2H3. The predicted molar refractivity (Wildman–Crippen MR) is 101 cm³/mol. The molecule has 0 aliphatic heterocycles. The predicted octanol–water partition coefficient (Wildman–Crippen LogP) is 2.98. The second-order valence-electron chi connectivity index (χ2n) is 6.84. The van der Waals surface area contributed by atoms with Crippen LogP contribution in [0.4, 0.5) is 4.39 Å². The highest BCUT2D eigenvalue weighted by Gasteiger charge is 2.34. The van der Waals surface area contributed by atoms with Crippen LogP contribution in [-0.2, 0) is 18.4 Å². The summed E-state index contributed by atoms with van der Waals surface area (Å²) in [7, 11) is 1.95. The van der Waals surface area contributed by atoms with Crippen molar-refractivity contribution in [2.75, 3.05) is 13.1 Å². The van der Waals surface area contributed by atoms with Crippen molar-refractivity contribution in [1.29, 1.82) is 0 Å². The van der Waals surface area contributed by atoms with Gasteiger partial charge in [0.15, 0.2) is 0 Å². The number of halogens is 1. The van der Waals surface area contributed by atoms with Crippen LogP contribution in [0.2, 0.25) is 0 Å². The smallest absolute Gasteiger partial charge is 0.254 e. The third kappa shape index (κ3) is 4.64. The number of hydrogen-bond donors (Lipinski definition) is 0. The summed E-state index contributed by atoms with van der Waals surface area (Å²) in [5.74, 6) is -0.797. The maximum absolute atomic E-state index is 13.1. The van der Waals surface area contributed by atoms with Crippen molar-refractivity contribution in [3.63, 3.8) is 0 Å². The molecule has 142 valence electrons. The summed E-state index contributed by atoms with van der Waals surface area (Å²) in [5, 5.41) is 0. The van der Waals surface area contributed by atoms with E-state index in [-0.39, 0.29) is 30.9 Å². The summed E-state index contributed by atoms with van der Waals surface area (Å²) in [5.41, 5.74) is 1.40. The van der Waals surface area contributed by atoms with Crippen molar-refractivity contribution in [3.05, 3.63) is 72.3 Å². The number of rotatable bonds is 8. The highest BCUT2D eigenvalue weighted by Crippen LogP contribution is 2.28. The monoisotopic (exact) mass is 369 g/mol. The summed E-state index contributed by atoms with van der Waals surface area (Å²) in [6.45, 7) is 4.44. The van der Waals surface area contributed by atoms with Gasteiger partial charge in [0.05, 0.1) is 6.54 Å². The summed E-state index contributed by atoms with van der Waals surface area (Å²) < 4.78 is 15.1. The van der Waals surface area contributed by atoms with Crippen LogP contribution >= 0.6 is 0 Å². The van der Waals surface area contributed by atoms with Crippen LogP contribution in [0.3, 0.4) is 0 Å². The molecule has 0 spiro atoms. The maximum Gasteiger partial charge on any atom is 0.254 e. The number of aromatic nitrogens is 1. The minimum Gasteiger partial charge on any atom is -0.353 e. The Morgan fingerprint density at radius 2 is 1.96 bits per heavy atom. The van der Waals surface area contributed by atoms with E-state index in [0.29, 0.717) is 12.1 Å². The molecule has 2 amide bonds. The van der Waals surface area contributed by atoms with Crippen LogP contribution in [0.5, 0.6) is 0 Å². The Labute approximate surface area is 158 Å². The minimum atomic E-state index is -0.402. The molecule has 0 unspecified atom stereocenters. The van der Waals surface area contributed by atoms with E-state index in [1.54, 1.807) is 6.08 Å². The first-order chi connectivity index (χ1) is 13.0. The fourth-order valence-electron chi connectivity index (χ4n) is 3.05. The van der Waals surface area contributed by atoms with Crippen LogP contribution in [0.25, 0.3) is 0 Å². The zero-order valence-electron chi connectivity index (χ0n) is 15.5. The van der Waals surface area contributed by atoms with E-state index < -0.39 is 5.82 Å². The van der Waals surface area contributed by atoms with Crippen LogP contribution < -0.4 is 0 Å². The lowest BCUT2D eigenvalue weighted by Gasteiger charge is -2.27. The van der Waals surface area contributed by atoms with Crippen LogP contribution in [0.15, 0.2) is 55.3 Å². The molecule has 1 aliphatic carbocycles. The van der Waals surface area contributed by atoms with Crippen molar-refractivity contribution in [1.82, 2.24) is 14.4 Å². The van der Waals surface area contributed by atoms with E-state index in [9.17, 15) is 14.0 Å². The summed E-state index contributed by atoms with van der Waals surface area (Å²) in [6.07, 6.45) is 5.52. The number of hydrogen-bond acceptors (Lipinski definition) is 2. The highest BCUT2D eigenvalue weighted by molar-refractivity contribution is 5.96. The molecule has 0 radical (unpaired) electrons. The Morgan fingerprint density at radius 3 is 2.52 bits per heavy atom. The van der Waals surface area contributed by atoms with Gasteiger partial charge in [-0.25, -0.2) is 4.39 Å².